The average molecular weight is 465 g/mol. The van der Waals surface area contributed by atoms with Crippen molar-refractivity contribution in [2.24, 2.45) is 0 Å². The summed E-state index contributed by atoms with van der Waals surface area (Å²) in [6.07, 6.45) is 6.98. The Morgan fingerprint density at radius 2 is 1.79 bits per heavy atom. The van der Waals surface area contributed by atoms with Gasteiger partial charge in [0.15, 0.2) is 5.78 Å². The molecule has 2 aromatic rings. The highest BCUT2D eigenvalue weighted by Crippen LogP contribution is 2.42. The number of ether oxygens (including phenoxy) is 3. The minimum absolute atomic E-state index is 0.210. The lowest BCUT2D eigenvalue weighted by Gasteiger charge is -2.40. The van der Waals surface area contributed by atoms with Gasteiger partial charge in [-0.05, 0) is 56.4 Å². The molecule has 1 aliphatic carbocycles. The predicted molar refractivity (Wildman–Crippen MR) is 134 cm³/mol. The highest BCUT2D eigenvalue weighted by Gasteiger charge is 2.41. The Morgan fingerprint density at radius 1 is 1.00 bits per heavy atom. The highest BCUT2D eigenvalue weighted by molar-refractivity contribution is 6.00. The third-order valence-corrected chi connectivity index (χ3v) is 7.51. The molecule has 0 aromatic heterocycles. The van der Waals surface area contributed by atoms with Crippen molar-refractivity contribution in [3.8, 4) is 17.2 Å². The van der Waals surface area contributed by atoms with E-state index >= 15 is 0 Å². The van der Waals surface area contributed by atoms with E-state index in [4.69, 9.17) is 14.2 Å². The van der Waals surface area contributed by atoms with Crippen molar-refractivity contribution in [2.45, 2.75) is 50.5 Å². The van der Waals surface area contributed by atoms with E-state index in [2.05, 4.69) is 21.9 Å². The number of rotatable bonds is 7. The van der Waals surface area contributed by atoms with Crippen LogP contribution in [0.3, 0.4) is 0 Å². The Bertz CT molecular complexity index is 994. The van der Waals surface area contributed by atoms with Crippen LogP contribution in [0.5, 0.6) is 17.2 Å². The summed E-state index contributed by atoms with van der Waals surface area (Å²) in [6, 6.07) is 13.9. The van der Waals surface area contributed by atoms with Crippen LogP contribution in [0, 0.1) is 0 Å². The summed E-state index contributed by atoms with van der Waals surface area (Å²) in [5, 5.41) is 0. The molecular formula is C28H36N2O4. The normalized spacial score (nSPS) is 20.0. The Balaban J connectivity index is 1.09. The Kier molecular flexibility index (Phi) is 6.95. The summed E-state index contributed by atoms with van der Waals surface area (Å²) in [5.41, 5.74) is 1.60. The minimum Gasteiger partial charge on any atom is -0.495 e. The fraction of sp³-hybridized carbons (Fsp3) is 0.536. The van der Waals surface area contributed by atoms with Gasteiger partial charge in [0, 0.05) is 38.8 Å². The quantitative estimate of drug-likeness (QED) is 0.540. The molecule has 2 heterocycles. The van der Waals surface area contributed by atoms with Gasteiger partial charge in [0.1, 0.15) is 22.8 Å². The minimum atomic E-state index is -0.285. The van der Waals surface area contributed by atoms with E-state index in [1.54, 1.807) is 7.11 Å². The zero-order valence-electron chi connectivity index (χ0n) is 20.3. The molecule has 2 aromatic carbocycles. The van der Waals surface area contributed by atoms with Gasteiger partial charge in [0.05, 0.1) is 31.4 Å². The fourth-order valence-corrected chi connectivity index (χ4v) is 5.62. The van der Waals surface area contributed by atoms with Gasteiger partial charge in [-0.3, -0.25) is 9.69 Å². The van der Waals surface area contributed by atoms with Crippen molar-refractivity contribution in [3.63, 3.8) is 0 Å². The van der Waals surface area contributed by atoms with Crippen molar-refractivity contribution < 1.29 is 19.0 Å². The molecule has 1 saturated carbocycles. The number of hydrogen-bond acceptors (Lipinski definition) is 6. The molecule has 5 rings (SSSR count). The number of hydrogen-bond donors (Lipinski definition) is 0. The molecule has 182 valence electrons. The van der Waals surface area contributed by atoms with E-state index < -0.39 is 0 Å². The van der Waals surface area contributed by atoms with Crippen molar-refractivity contribution in [1.29, 1.82) is 0 Å². The first-order valence-corrected chi connectivity index (χ1v) is 12.8. The maximum atomic E-state index is 12.7. The second-order valence-electron chi connectivity index (χ2n) is 9.81. The van der Waals surface area contributed by atoms with Gasteiger partial charge in [0.2, 0.25) is 0 Å². The number of ketones is 1. The molecule has 1 saturated heterocycles. The topological polar surface area (TPSA) is 51.2 Å². The van der Waals surface area contributed by atoms with Crippen LogP contribution in [0.25, 0.3) is 0 Å². The Morgan fingerprint density at radius 3 is 2.59 bits per heavy atom. The van der Waals surface area contributed by atoms with Crippen LogP contribution < -0.4 is 19.1 Å². The van der Waals surface area contributed by atoms with Crippen molar-refractivity contribution in [2.75, 3.05) is 51.3 Å². The third kappa shape index (κ3) is 5.02. The molecule has 2 aliphatic heterocycles. The number of piperazine rings is 1. The molecule has 1 spiro atoms. The van der Waals surface area contributed by atoms with Crippen LogP contribution in [-0.2, 0) is 0 Å². The summed E-state index contributed by atoms with van der Waals surface area (Å²) >= 11 is 0. The highest BCUT2D eigenvalue weighted by atomic mass is 16.5. The van der Waals surface area contributed by atoms with Crippen LogP contribution in [-0.4, -0.2) is 62.7 Å². The molecule has 6 nitrogen and oxygen atoms in total. The van der Waals surface area contributed by atoms with Gasteiger partial charge in [-0.15, -0.1) is 0 Å². The molecule has 6 heteroatoms. The molecule has 0 amide bonds. The largest absolute Gasteiger partial charge is 0.495 e. The lowest BCUT2D eigenvalue weighted by molar-refractivity contribution is 0.0134. The molecule has 34 heavy (non-hydrogen) atoms. The van der Waals surface area contributed by atoms with Gasteiger partial charge >= 0.3 is 0 Å². The van der Waals surface area contributed by atoms with Gasteiger partial charge in [-0.1, -0.05) is 18.6 Å². The number of Topliss-reactive ketones (excluding diaryl/α,β-unsaturated/α-hetero) is 1. The first kappa shape index (κ1) is 23.0. The van der Waals surface area contributed by atoms with E-state index in [-0.39, 0.29) is 11.4 Å². The summed E-state index contributed by atoms with van der Waals surface area (Å²) in [4.78, 5) is 17.6. The lowest BCUT2D eigenvalue weighted by Crippen LogP contribution is -2.46. The summed E-state index contributed by atoms with van der Waals surface area (Å²) < 4.78 is 18.0. The molecule has 0 unspecified atom stereocenters. The zero-order chi connectivity index (χ0) is 23.4. The summed E-state index contributed by atoms with van der Waals surface area (Å²) in [7, 11) is 1.73. The second-order valence-corrected chi connectivity index (χ2v) is 9.81. The van der Waals surface area contributed by atoms with Crippen molar-refractivity contribution in [1.82, 2.24) is 4.90 Å². The zero-order valence-corrected chi connectivity index (χ0v) is 20.3. The van der Waals surface area contributed by atoms with Crippen molar-refractivity contribution in [3.05, 3.63) is 48.0 Å². The van der Waals surface area contributed by atoms with E-state index in [1.165, 1.54) is 12.1 Å². The number of carbonyl (C=O) groups is 1. The molecule has 0 N–H and O–H groups in total. The molecular weight excluding hydrogens is 428 g/mol. The van der Waals surface area contributed by atoms with Gasteiger partial charge < -0.3 is 19.1 Å². The monoisotopic (exact) mass is 464 g/mol. The van der Waals surface area contributed by atoms with E-state index in [9.17, 15) is 4.79 Å². The van der Waals surface area contributed by atoms with Crippen LogP contribution >= 0.6 is 0 Å². The SMILES string of the molecule is COc1ccccc1N1CCN(CCCOc2ccc3c(c2)OC2(CCCCC2)CC3=O)CC1. The Labute approximate surface area is 202 Å². The number of carbonyl (C=O) groups excluding carboxylic acids is 1. The maximum absolute atomic E-state index is 12.7. The number of methoxy groups -OCH3 is 1. The number of benzene rings is 2. The summed E-state index contributed by atoms with van der Waals surface area (Å²) in [5.74, 6) is 2.65. The third-order valence-electron chi connectivity index (χ3n) is 7.51. The second kappa shape index (κ2) is 10.3. The van der Waals surface area contributed by atoms with Crippen LogP contribution in [0.4, 0.5) is 5.69 Å². The lowest BCUT2D eigenvalue weighted by atomic mass is 9.78. The predicted octanol–water partition coefficient (Wildman–Crippen LogP) is 4.95. The van der Waals surface area contributed by atoms with Gasteiger partial charge in [-0.2, -0.15) is 0 Å². The van der Waals surface area contributed by atoms with Crippen LogP contribution in [0.15, 0.2) is 42.5 Å². The van der Waals surface area contributed by atoms with E-state index in [0.29, 0.717) is 24.3 Å². The summed E-state index contributed by atoms with van der Waals surface area (Å²) in [6.45, 7) is 5.75. The fourth-order valence-electron chi connectivity index (χ4n) is 5.62. The molecule has 3 aliphatic rings. The first-order valence-electron chi connectivity index (χ1n) is 12.8. The average Bonchev–Trinajstić information content (AvgIpc) is 2.87. The Hall–Kier alpha value is -2.73. The maximum Gasteiger partial charge on any atom is 0.170 e. The smallest absolute Gasteiger partial charge is 0.170 e. The number of para-hydroxylation sites is 2. The molecule has 0 bridgehead atoms. The van der Waals surface area contributed by atoms with E-state index in [1.807, 2.05) is 30.3 Å². The van der Waals surface area contributed by atoms with Gasteiger partial charge in [0.25, 0.3) is 0 Å². The number of anilines is 1. The first-order chi connectivity index (χ1) is 16.7. The molecule has 2 fully saturated rings. The molecule has 0 radical (unpaired) electrons. The molecule has 0 atom stereocenters. The standard InChI is InChI=1S/C28H36N2O4/c1-32-26-9-4-3-8-24(26)30-17-15-29(16-18-30)14-7-19-33-22-10-11-23-25(31)21-28(34-27(23)20-22)12-5-2-6-13-28/h3-4,8-11,20H,2,5-7,12-19,21H2,1H3. The van der Waals surface area contributed by atoms with Crippen LogP contribution in [0.2, 0.25) is 0 Å². The number of nitrogens with zero attached hydrogens (tertiary/aromatic N) is 2. The van der Waals surface area contributed by atoms with Gasteiger partial charge in [-0.25, -0.2) is 0 Å². The van der Waals surface area contributed by atoms with Crippen LogP contribution in [0.1, 0.15) is 55.3 Å². The van der Waals surface area contributed by atoms with E-state index in [0.717, 1.165) is 76.3 Å². The number of fused-ring (bicyclic) bond motifs is 1. The van der Waals surface area contributed by atoms with Crippen molar-refractivity contribution >= 4 is 11.5 Å².